The Bertz CT molecular complexity index is 493. The molecule has 0 aliphatic heterocycles. The first-order valence-corrected chi connectivity index (χ1v) is 7.12. The fourth-order valence-electron chi connectivity index (χ4n) is 1.49. The summed E-state index contributed by atoms with van der Waals surface area (Å²) in [5.41, 5.74) is 0.875. The van der Waals surface area contributed by atoms with Crippen LogP contribution in [0.3, 0.4) is 0 Å². The van der Waals surface area contributed by atoms with E-state index in [4.69, 9.17) is 11.6 Å². The number of aromatic nitrogens is 2. The summed E-state index contributed by atoms with van der Waals surface area (Å²) in [5, 5.41) is 4.99. The maximum atomic E-state index is 5.81. The summed E-state index contributed by atoms with van der Waals surface area (Å²) in [6, 6.07) is 3.73. The van der Waals surface area contributed by atoms with E-state index < -0.39 is 0 Å². The van der Waals surface area contributed by atoms with Gasteiger partial charge in [0.2, 0.25) is 0 Å². The van der Waals surface area contributed by atoms with Gasteiger partial charge >= 0.3 is 0 Å². The highest BCUT2D eigenvalue weighted by Crippen LogP contribution is 2.24. The summed E-state index contributed by atoms with van der Waals surface area (Å²) >= 11 is 7.48. The molecule has 5 heteroatoms. The molecule has 3 nitrogen and oxygen atoms in total. The average Bonchev–Trinajstić information content (AvgIpc) is 2.78. The van der Waals surface area contributed by atoms with Gasteiger partial charge in [0.1, 0.15) is 5.01 Å². The van der Waals surface area contributed by atoms with Crippen LogP contribution in [0.4, 0.5) is 0 Å². The molecule has 0 spiro atoms. The highest BCUT2D eigenvalue weighted by molar-refractivity contribution is 7.14. The number of hydrogen-bond donors (Lipinski definition) is 1. The molecule has 0 aliphatic rings. The normalized spacial score (nSPS) is 11.1. The number of pyridine rings is 1. The van der Waals surface area contributed by atoms with Gasteiger partial charge in [0.25, 0.3) is 0 Å². The lowest BCUT2D eigenvalue weighted by Crippen LogP contribution is -2.18. The van der Waals surface area contributed by atoms with Crippen molar-refractivity contribution >= 4 is 22.9 Å². The minimum Gasteiger partial charge on any atom is -0.312 e. The van der Waals surface area contributed by atoms with Gasteiger partial charge in [-0.05, 0) is 24.6 Å². The topological polar surface area (TPSA) is 37.8 Å². The molecule has 18 heavy (non-hydrogen) atoms. The van der Waals surface area contributed by atoms with Crippen LogP contribution in [0.5, 0.6) is 0 Å². The third-order valence-electron chi connectivity index (χ3n) is 2.35. The molecule has 2 aromatic heterocycles. The lowest BCUT2D eigenvalue weighted by Gasteiger charge is -2.04. The fraction of sp³-hybridized carbons (Fsp3) is 0.385. The number of hydrogen-bond acceptors (Lipinski definition) is 4. The van der Waals surface area contributed by atoms with Crippen molar-refractivity contribution in [3.8, 4) is 10.7 Å². The molecule has 0 fully saturated rings. The molecule has 0 atom stereocenters. The molecule has 0 unspecified atom stereocenters. The first kappa shape index (κ1) is 13.5. The zero-order valence-corrected chi connectivity index (χ0v) is 12.1. The molecule has 0 saturated carbocycles. The van der Waals surface area contributed by atoms with Gasteiger partial charge in [-0.2, -0.15) is 0 Å². The molecule has 0 bridgehead atoms. The van der Waals surface area contributed by atoms with E-state index in [0.717, 1.165) is 23.8 Å². The molecule has 0 saturated heterocycles. The predicted molar refractivity (Wildman–Crippen MR) is 76.9 cm³/mol. The Morgan fingerprint density at radius 1 is 1.28 bits per heavy atom. The van der Waals surface area contributed by atoms with Crippen LogP contribution < -0.4 is 5.32 Å². The summed E-state index contributed by atoms with van der Waals surface area (Å²) in [5.74, 6) is 0.662. The molecule has 0 amide bonds. The largest absolute Gasteiger partial charge is 0.312 e. The average molecular weight is 282 g/mol. The Labute approximate surface area is 116 Å². The number of nitrogens with zero attached hydrogens (tertiary/aromatic N) is 2. The van der Waals surface area contributed by atoms with Crippen LogP contribution in [-0.4, -0.2) is 16.5 Å². The molecule has 0 radical (unpaired) electrons. The number of nitrogens with one attached hydrogen (secondary N) is 1. The molecule has 2 rings (SSSR count). The van der Waals surface area contributed by atoms with Gasteiger partial charge in [0.15, 0.2) is 0 Å². The zero-order chi connectivity index (χ0) is 13.0. The van der Waals surface area contributed by atoms with Crippen molar-refractivity contribution in [2.24, 2.45) is 5.92 Å². The lowest BCUT2D eigenvalue weighted by atomic mass is 10.2. The van der Waals surface area contributed by atoms with Crippen LogP contribution in [0.2, 0.25) is 5.02 Å². The van der Waals surface area contributed by atoms with E-state index >= 15 is 0 Å². The van der Waals surface area contributed by atoms with E-state index in [-0.39, 0.29) is 0 Å². The standard InChI is InChI=1S/C13H16ClN3S/c1-9(2)5-15-7-11-8-17-13(18-11)12-4-3-10(14)6-16-12/h3-4,6,8-9,15H,5,7H2,1-2H3. The second-order valence-electron chi connectivity index (χ2n) is 4.52. The second kappa shape index (κ2) is 6.27. The lowest BCUT2D eigenvalue weighted by molar-refractivity contribution is 0.554. The second-order valence-corrected chi connectivity index (χ2v) is 6.07. The van der Waals surface area contributed by atoms with Crippen LogP contribution in [0.15, 0.2) is 24.5 Å². The first-order chi connectivity index (χ1) is 8.65. The summed E-state index contributed by atoms with van der Waals surface area (Å²) < 4.78 is 0. The van der Waals surface area contributed by atoms with E-state index in [1.807, 2.05) is 18.3 Å². The van der Waals surface area contributed by atoms with E-state index in [2.05, 4.69) is 29.1 Å². The van der Waals surface area contributed by atoms with Crippen molar-refractivity contribution in [2.45, 2.75) is 20.4 Å². The van der Waals surface area contributed by atoms with Crippen molar-refractivity contribution in [1.82, 2.24) is 15.3 Å². The minimum atomic E-state index is 0.647. The van der Waals surface area contributed by atoms with Gasteiger partial charge in [-0.3, -0.25) is 4.98 Å². The van der Waals surface area contributed by atoms with Gasteiger partial charge in [0, 0.05) is 23.8 Å². The van der Waals surface area contributed by atoms with Crippen molar-refractivity contribution in [1.29, 1.82) is 0 Å². The molecule has 96 valence electrons. The highest BCUT2D eigenvalue weighted by atomic mass is 35.5. The van der Waals surface area contributed by atoms with Crippen LogP contribution in [-0.2, 0) is 6.54 Å². The van der Waals surface area contributed by atoms with Crippen molar-refractivity contribution in [3.63, 3.8) is 0 Å². The predicted octanol–water partition coefficient (Wildman–Crippen LogP) is 3.60. The zero-order valence-electron chi connectivity index (χ0n) is 10.5. The van der Waals surface area contributed by atoms with Gasteiger partial charge in [-0.1, -0.05) is 25.4 Å². The minimum absolute atomic E-state index is 0.647. The molecule has 2 heterocycles. The van der Waals surface area contributed by atoms with Crippen molar-refractivity contribution in [3.05, 3.63) is 34.4 Å². The molecule has 0 aromatic carbocycles. The van der Waals surface area contributed by atoms with E-state index in [1.165, 1.54) is 4.88 Å². The van der Waals surface area contributed by atoms with Gasteiger partial charge in [-0.25, -0.2) is 4.98 Å². The molecular formula is C13H16ClN3S. The van der Waals surface area contributed by atoms with Gasteiger partial charge in [-0.15, -0.1) is 11.3 Å². The Hall–Kier alpha value is -0.970. The Morgan fingerprint density at radius 2 is 2.11 bits per heavy atom. The summed E-state index contributed by atoms with van der Waals surface area (Å²) in [4.78, 5) is 9.88. The first-order valence-electron chi connectivity index (χ1n) is 5.92. The quantitative estimate of drug-likeness (QED) is 0.910. The summed E-state index contributed by atoms with van der Waals surface area (Å²) in [7, 11) is 0. The van der Waals surface area contributed by atoms with Gasteiger partial charge < -0.3 is 5.32 Å². The van der Waals surface area contributed by atoms with E-state index in [0.29, 0.717) is 10.9 Å². The molecular weight excluding hydrogens is 266 g/mol. The van der Waals surface area contributed by atoms with Crippen LogP contribution in [0, 0.1) is 5.92 Å². The molecule has 2 aromatic rings. The number of thiazole rings is 1. The third kappa shape index (κ3) is 3.77. The van der Waals surface area contributed by atoms with E-state index in [9.17, 15) is 0 Å². The number of rotatable bonds is 5. The van der Waals surface area contributed by atoms with Crippen LogP contribution in [0.25, 0.3) is 10.7 Å². The van der Waals surface area contributed by atoms with E-state index in [1.54, 1.807) is 17.5 Å². The maximum absolute atomic E-state index is 5.81. The molecule has 1 N–H and O–H groups in total. The Morgan fingerprint density at radius 3 is 2.78 bits per heavy atom. The summed E-state index contributed by atoms with van der Waals surface area (Å²) in [6.45, 7) is 6.28. The third-order valence-corrected chi connectivity index (χ3v) is 3.60. The van der Waals surface area contributed by atoms with Crippen LogP contribution >= 0.6 is 22.9 Å². The Balaban J connectivity index is 1.99. The van der Waals surface area contributed by atoms with Crippen molar-refractivity contribution < 1.29 is 0 Å². The molecule has 0 aliphatic carbocycles. The highest BCUT2D eigenvalue weighted by Gasteiger charge is 2.06. The number of halogens is 1. The Kier molecular flexibility index (Phi) is 4.69. The monoisotopic (exact) mass is 281 g/mol. The smallest absolute Gasteiger partial charge is 0.142 e. The van der Waals surface area contributed by atoms with Gasteiger partial charge in [0.05, 0.1) is 10.7 Å². The summed E-state index contributed by atoms with van der Waals surface area (Å²) in [6.07, 6.45) is 3.55. The maximum Gasteiger partial charge on any atom is 0.142 e. The van der Waals surface area contributed by atoms with Crippen LogP contribution in [0.1, 0.15) is 18.7 Å². The van der Waals surface area contributed by atoms with Crippen molar-refractivity contribution in [2.75, 3.05) is 6.54 Å². The fourth-order valence-corrected chi connectivity index (χ4v) is 2.46. The SMILES string of the molecule is CC(C)CNCc1cnc(-c2ccc(Cl)cn2)s1.